The Bertz CT molecular complexity index is 1310. The number of aromatic nitrogens is 2. The SMILES string of the molecule is CCOC(=O)c1c(C)n(-c2ccccc2)c2ccc(OC(=O)c3cccnc3SCC)cc12. The Morgan fingerprint density at radius 2 is 1.79 bits per heavy atom. The average Bonchev–Trinajstić information content (AvgIpc) is 3.11. The van der Waals surface area contributed by atoms with Crippen molar-refractivity contribution in [1.29, 1.82) is 0 Å². The van der Waals surface area contributed by atoms with Crippen molar-refractivity contribution in [2.75, 3.05) is 12.4 Å². The van der Waals surface area contributed by atoms with Gasteiger partial charge in [0.05, 0.1) is 23.3 Å². The fourth-order valence-corrected chi connectivity index (χ4v) is 4.51. The molecule has 168 valence electrons. The van der Waals surface area contributed by atoms with E-state index in [9.17, 15) is 9.59 Å². The van der Waals surface area contributed by atoms with Gasteiger partial charge in [-0.15, -0.1) is 11.8 Å². The number of rotatable bonds is 7. The van der Waals surface area contributed by atoms with E-state index in [-0.39, 0.29) is 6.61 Å². The van der Waals surface area contributed by atoms with Gasteiger partial charge in [-0.1, -0.05) is 25.1 Å². The predicted octanol–water partition coefficient (Wildman–Crippen LogP) is 5.84. The predicted molar refractivity (Wildman–Crippen MR) is 130 cm³/mol. The molecule has 7 heteroatoms. The molecular formula is C26H24N2O4S. The molecule has 33 heavy (non-hydrogen) atoms. The first-order valence-corrected chi connectivity index (χ1v) is 11.7. The Kier molecular flexibility index (Phi) is 6.79. The van der Waals surface area contributed by atoms with Crippen LogP contribution in [0, 0.1) is 6.92 Å². The van der Waals surface area contributed by atoms with Gasteiger partial charge in [0.1, 0.15) is 10.8 Å². The number of para-hydroxylation sites is 1. The van der Waals surface area contributed by atoms with Gasteiger partial charge >= 0.3 is 11.9 Å². The minimum Gasteiger partial charge on any atom is -0.462 e. The van der Waals surface area contributed by atoms with Crippen LogP contribution in [0.5, 0.6) is 5.75 Å². The van der Waals surface area contributed by atoms with Crippen LogP contribution < -0.4 is 4.74 Å². The van der Waals surface area contributed by atoms with E-state index < -0.39 is 11.9 Å². The summed E-state index contributed by atoms with van der Waals surface area (Å²) >= 11 is 1.48. The number of hydrogen-bond donors (Lipinski definition) is 0. The van der Waals surface area contributed by atoms with E-state index in [0.717, 1.165) is 22.7 Å². The lowest BCUT2D eigenvalue weighted by atomic mass is 10.1. The van der Waals surface area contributed by atoms with E-state index in [0.29, 0.717) is 27.3 Å². The third-order valence-corrected chi connectivity index (χ3v) is 6.04. The van der Waals surface area contributed by atoms with Crippen LogP contribution in [0.1, 0.15) is 40.3 Å². The monoisotopic (exact) mass is 460 g/mol. The standard InChI is InChI=1S/C26H24N2O4S/c1-4-31-26(30)23-17(3)28(18-10-7-6-8-11-18)22-14-13-19(16-21(22)23)32-25(29)20-12-9-15-27-24(20)33-5-2/h6-16H,4-5H2,1-3H3. The van der Waals surface area contributed by atoms with Crippen LogP contribution in [0.3, 0.4) is 0 Å². The zero-order chi connectivity index (χ0) is 23.4. The maximum atomic E-state index is 12.9. The highest BCUT2D eigenvalue weighted by atomic mass is 32.2. The summed E-state index contributed by atoms with van der Waals surface area (Å²) < 4.78 is 13.0. The van der Waals surface area contributed by atoms with E-state index >= 15 is 0 Å². The van der Waals surface area contributed by atoms with Crippen LogP contribution >= 0.6 is 11.8 Å². The molecule has 6 nitrogen and oxygen atoms in total. The lowest BCUT2D eigenvalue weighted by molar-refractivity contribution is 0.0527. The van der Waals surface area contributed by atoms with Crippen molar-refractivity contribution in [2.45, 2.75) is 25.8 Å². The third kappa shape index (κ3) is 4.50. The molecule has 0 aliphatic carbocycles. The molecule has 0 amide bonds. The van der Waals surface area contributed by atoms with Gasteiger partial charge in [0.25, 0.3) is 0 Å². The second-order valence-corrected chi connectivity index (χ2v) is 8.46. The molecule has 0 saturated heterocycles. The summed E-state index contributed by atoms with van der Waals surface area (Å²) in [5.41, 5.74) is 3.37. The van der Waals surface area contributed by atoms with E-state index in [2.05, 4.69) is 4.98 Å². The molecule has 0 unspecified atom stereocenters. The van der Waals surface area contributed by atoms with E-state index in [1.165, 1.54) is 11.8 Å². The first-order chi connectivity index (χ1) is 16.0. The number of thioether (sulfide) groups is 1. The molecule has 2 heterocycles. The fraction of sp³-hybridized carbons (Fsp3) is 0.192. The largest absolute Gasteiger partial charge is 0.462 e. The summed E-state index contributed by atoms with van der Waals surface area (Å²) in [5.74, 6) is 0.236. The van der Waals surface area contributed by atoms with Crippen molar-refractivity contribution < 1.29 is 19.1 Å². The maximum absolute atomic E-state index is 12.9. The lowest BCUT2D eigenvalue weighted by Gasteiger charge is -2.09. The zero-order valence-corrected chi connectivity index (χ0v) is 19.5. The molecule has 0 radical (unpaired) electrons. The van der Waals surface area contributed by atoms with Crippen molar-refractivity contribution in [3.05, 3.63) is 83.7 Å². The topological polar surface area (TPSA) is 70.4 Å². The number of fused-ring (bicyclic) bond motifs is 1. The van der Waals surface area contributed by atoms with Crippen molar-refractivity contribution in [3.8, 4) is 11.4 Å². The van der Waals surface area contributed by atoms with Crippen molar-refractivity contribution in [2.24, 2.45) is 0 Å². The van der Waals surface area contributed by atoms with E-state index in [4.69, 9.17) is 9.47 Å². The first-order valence-electron chi connectivity index (χ1n) is 10.7. The van der Waals surface area contributed by atoms with Gasteiger partial charge in [-0.25, -0.2) is 14.6 Å². The number of esters is 2. The molecule has 0 aliphatic rings. The van der Waals surface area contributed by atoms with Crippen LogP contribution in [0.15, 0.2) is 71.9 Å². The van der Waals surface area contributed by atoms with E-state index in [1.54, 1.807) is 37.4 Å². The minimum atomic E-state index is -0.490. The highest BCUT2D eigenvalue weighted by molar-refractivity contribution is 7.99. The molecule has 4 rings (SSSR count). The molecule has 4 aromatic rings. The fourth-order valence-electron chi connectivity index (χ4n) is 3.79. The summed E-state index contributed by atoms with van der Waals surface area (Å²) in [7, 11) is 0. The zero-order valence-electron chi connectivity index (χ0n) is 18.7. The normalized spacial score (nSPS) is 10.9. The van der Waals surface area contributed by atoms with Gasteiger partial charge in [0.15, 0.2) is 0 Å². The molecule has 0 bridgehead atoms. The Morgan fingerprint density at radius 1 is 1.00 bits per heavy atom. The van der Waals surface area contributed by atoms with Gasteiger partial charge in [-0.2, -0.15) is 0 Å². The van der Waals surface area contributed by atoms with Crippen molar-refractivity contribution in [1.82, 2.24) is 9.55 Å². The highest BCUT2D eigenvalue weighted by Crippen LogP contribution is 2.33. The average molecular weight is 461 g/mol. The van der Waals surface area contributed by atoms with Crippen LogP contribution in [0.25, 0.3) is 16.6 Å². The molecule has 0 atom stereocenters. The van der Waals surface area contributed by atoms with Crippen molar-refractivity contribution >= 4 is 34.6 Å². The Hall–Kier alpha value is -3.58. The quantitative estimate of drug-likeness (QED) is 0.196. The number of pyridine rings is 1. The number of carbonyl (C=O) groups is 2. The molecule has 0 aliphatic heterocycles. The van der Waals surface area contributed by atoms with Gasteiger partial charge in [-0.05, 0) is 62.1 Å². The summed E-state index contributed by atoms with van der Waals surface area (Å²) in [4.78, 5) is 30.0. The molecule has 0 N–H and O–H groups in total. The van der Waals surface area contributed by atoms with Crippen LogP contribution in [0.2, 0.25) is 0 Å². The van der Waals surface area contributed by atoms with E-state index in [1.807, 2.05) is 54.8 Å². The van der Waals surface area contributed by atoms with Crippen LogP contribution in [-0.2, 0) is 4.74 Å². The van der Waals surface area contributed by atoms with Gasteiger partial charge in [-0.3, -0.25) is 0 Å². The second kappa shape index (κ2) is 9.92. The molecule has 0 spiro atoms. The van der Waals surface area contributed by atoms with Crippen molar-refractivity contribution in [3.63, 3.8) is 0 Å². The Morgan fingerprint density at radius 3 is 2.52 bits per heavy atom. The molecule has 2 aromatic heterocycles. The maximum Gasteiger partial charge on any atom is 0.346 e. The minimum absolute atomic E-state index is 0.268. The summed E-state index contributed by atoms with van der Waals surface area (Å²) in [5, 5.41) is 1.29. The number of hydrogen-bond acceptors (Lipinski definition) is 6. The van der Waals surface area contributed by atoms with Crippen LogP contribution in [0.4, 0.5) is 0 Å². The first kappa shape index (κ1) is 22.6. The molecule has 2 aromatic carbocycles. The third-order valence-electron chi connectivity index (χ3n) is 5.15. The van der Waals surface area contributed by atoms with Gasteiger partial charge < -0.3 is 14.0 Å². The Labute approximate surface area is 196 Å². The number of carbonyl (C=O) groups excluding carboxylic acids is 2. The number of benzene rings is 2. The van der Waals surface area contributed by atoms with Gasteiger partial charge in [0, 0.05) is 23.0 Å². The molecular weight excluding hydrogens is 436 g/mol. The van der Waals surface area contributed by atoms with Crippen LogP contribution in [-0.4, -0.2) is 33.8 Å². The second-order valence-electron chi connectivity index (χ2n) is 7.21. The molecule has 0 saturated carbocycles. The Balaban J connectivity index is 1.79. The lowest BCUT2D eigenvalue weighted by Crippen LogP contribution is -2.10. The number of nitrogens with zero attached hydrogens (tertiary/aromatic N) is 2. The summed E-state index contributed by atoms with van der Waals surface area (Å²) in [6.07, 6.45) is 1.65. The van der Waals surface area contributed by atoms with Gasteiger partial charge in [0.2, 0.25) is 0 Å². The smallest absolute Gasteiger partial charge is 0.346 e. The summed E-state index contributed by atoms with van der Waals surface area (Å²) in [6.45, 7) is 5.92. The number of ether oxygens (including phenoxy) is 2. The molecule has 0 fully saturated rings. The highest BCUT2D eigenvalue weighted by Gasteiger charge is 2.23. The summed E-state index contributed by atoms with van der Waals surface area (Å²) in [6, 6.07) is 18.5.